The highest BCUT2D eigenvalue weighted by Crippen LogP contribution is 2.14. The summed E-state index contributed by atoms with van der Waals surface area (Å²) < 4.78 is 0. The maximum atomic E-state index is 12.2. The molecule has 1 unspecified atom stereocenters. The van der Waals surface area contributed by atoms with Crippen LogP contribution in [0.3, 0.4) is 0 Å². The topological polar surface area (TPSA) is 29.1 Å². The van der Waals surface area contributed by atoms with Crippen LogP contribution >= 0.6 is 0 Å². The SMILES string of the molecule is CC.CCCCCCCCCCCCCCCCC(C)NC(=O)CCCCCCCCCCCCC. The molecule has 1 amide bonds. The molecule has 0 rings (SSSR count). The Balaban J connectivity index is 0. The Hall–Kier alpha value is -0.530. The molecule has 2 nitrogen and oxygen atoms in total. The highest BCUT2D eigenvalue weighted by Gasteiger charge is 2.07. The predicted molar refractivity (Wildman–Crippen MR) is 165 cm³/mol. The molecule has 1 N–H and O–H groups in total. The average molecular weight is 510 g/mol. The van der Waals surface area contributed by atoms with E-state index in [2.05, 4.69) is 26.1 Å². The van der Waals surface area contributed by atoms with E-state index in [0.29, 0.717) is 6.04 Å². The van der Waals surface area contributed by atoms with E-state index in [4.69, 9.17) is 0 Å². The normalized spacial score (nSPS) is 11.7. The van der Waals surface area contributed by atoms with E-state index in [1.807, 2.05) is 13.8 Å². The average Bonchev–Trinajstić information content (AvgIpc) is 2.88. The van der Waals surface area contributed by atoms with Crippen LogP contribution in [0.5, 0.6) is 0 Å². The molecule has 0 aliphatic rings. The van der Waals surface area contributed by atoms with Crippen LogP contribution in [-0.4, -0.2) is 11.9 Å². The summed E-state index contributed by atoms with van der Waals surface area (Å²) in [5.74, 6) is 0.272. The molecule has 0 saturated heterocycles. The van der Waals surface area contributed by atoms with E-state index in [0.717, 1.165) is 19.3 Å². The first-order chi connectivity index (χ1) is 17.7. The molecule has 0 aromatic heterocycles. The highest BCUT2D eigenvalue weighted by molar-refractivity contribution is 5.76. The van der Waals surface area contributed by atoms with Gasteiger partial charge in [-0.05, 0) is 19.8 Å². The van der Waals surface area contributed by atoms with Crippen molar-refractivity contribution in [2.24, 2.45) is 0 Å². The van der Waals surface area contributed by atoms with Crippen LogP contribution in [0.15, 0.2) is 0 Å². The van der Waals surface area contributed by atoms with Crippen LogP contribution < -0.4 is 5.32 Å². The smallest absolute Gasteiger partial charge is 0.220 e. The largest absolute Gasteiger partial charge is 0.354 e. The van der Waals surface area contributed by atoms with E-state index < -0.39 is 0 Å². The van der Waals surface area contributed by atoms with Gasteiger partial charge in [0.1, 0.15) is 0 Å². The molecule has 2 heteroatoms. The van der Waals surface area contributed by atoms with Gasteiger partial charge in [0.15, 0.2) is 0 Å². The zero-order chi connectivity index (χ0) is 27.0. The van der Waals surface area contributed by atoms with Crippen LogP contribution in [0.2, 0.25) is 0 Å². The van der Waals surface area contributed by atoms with Gasteiger partial charge in [-0.15, -0.1) is 0 Å². The van der Waals surface area contributed by atoms with Gasteiger partial charge in [-0.1, -0.05) is 182 Å². The molecular weight excluding hydrogens is 438 g/mol. The summed E-state index contributed by atoms with van der Waals surface area (Å²) in [5, 5.41) is 3.22. The first kappa shape index (κ1) is 37.6. The number of rotatable bonds is 28. The lowest BCUT2D eigenvalue weighted by Crippen LogP contribution is -2.32. The number of amides is 1. The van der Waals surface area contributed by atoms with E-state index >= 15 is 0 Å². The van der Waals surface area contributed by atoms with Crippen molar-refractivity contribution >= 4 is 5.91 Å². The molecule has 0 aliphatic heterocycles. The van der Waals surface area contributed by atoms with Crippen molar-refractivity contribution in [2.45, 2.75) is 214 Å². The van der Waals surface area contributed by atoms with Crippen LogP contribution in [0.25, 0.3) is 0 Å². The minimum Gasteiger partial charge on any atom is -0.354 e. The summed E-state index contributed by atoms with van der Waals surface area (Å²) in [7, 11) is 0. The van der Waals surface area contributed by atoms with Crippen molar-refractivity contribution in [1.29, 1.82) is 0 Å². The summed E-state index contributed by atoms with van der Waals surface area (Å²) in [5.41, 5.74) is 0. The molecule has 0 saturated carbocycles. The van der Waals surface area contributed by atoms with Crippen molar-refractivity contribution in [1.82, 2.24) is 5.32 Å². The number of nitrogens with one attached hydrogen (secondary N) is 1. The summed E-state index contributed by atoms with van der Waals surface area (Å²) in [6.45, 7) is 10.8. The van der Waals surface area contributed by atoms with Crippen molar-refractivity contribution in [3.63, 3.8) is 0 Å². The first-order valence-corrected chi connectivity index (χ1v) is 17.0. The molecule has 1 atom stereocenters. The van der Waals surface area contributed by atoms with Crippen LogP contribution in [0.4, 0.5) is 0 Å². The molecule has 0 fully saturated rings. The summed E-state index contributed by atoms with van der Waals surface area (Å²) in [6.07, 6.45) is 36.3. The summed E-state index contributed by atoms with van der Waals surface area (Å²) >= 11 is 0. The lowest BCUT2D eigenvalue weighted by molar-refractivity contribution is -0.121. The van der Waals surface area contributed by atoms with E-state index in [1.165, 1.54) is 154 Å². The second-order valence-electron chi connectivity index (χ2n) is 11.1. The second-order valence-corrected chi connectivity index (χ2v) is 11.1. The van der Waals surface area contributed by atoms with Gasteiger partial charge in [-0.25, -0.2) is 0 Å². The third-order valence-electron chi connectivity index (χ3n) is 7.41. The maximum Gasteiger partial charge on any atom is 0.220 e. The van der Waals surface area contributed by atoms with Gasteiger partial charge in [0, 0.05) is 12.5 Å². The zero-order valence-corrected chi connectivity index (χ0v) is 26.1. The Labute approximate surface area is 229 Å². The van der Waals surface area contributed by atoms with Crippen molar-refractivity contribution in [3.8, 4) is 0 Å². The predicted octanol–water partition coefficient (Wildman–Crippen LogP) is 12.1. The second kappa shape index (κ2) is 34.5. The molecule has 0 aliphatic carbocycles. The lowest BCUT2D eigenvalue weighted by atomic mass is 10.0. The van der Waals surface area contributed by atoms with Crippen molar-refractivity contribution in [2.75, 3.05) is 0 Å². The molecule has 0 bridgehead atoms. The fourth-order valence-corrected chi connectivity index (χ4v) is 5.01. The third-order valence-corrected chi connectivity index (χ3v) is 7.41. The standard InChI is InChI=1S/C32H65NO.C2H6/c1-4-6-8-10-12-14-16-17-18-20-21-23-25-27-29-31(3)33-32(34)30-28-26-24-22-19-15-13-11-9-7-5-2;1-2/h31H,4-30H2,1-3H3,(H,33,34);1-2H3. The molecule has 36 heavy (non-hydrogen) atoms. The van der Waals surface area contributed by atoms with Gasteiger partial charge in [0.2, 0.25) is 5.91 Å². The Bertz CT molecular complexity index is 395. The molecular formula is C34H71NO. The fourth-order valence-electron chi connectivity index (χ4n) is 5.01. The monoisotopic (exact) mass is 510 g/mol. The molecule has 218 valence electrons. The molecule has 0 spiro atoms. The number of carbonyl (C=O) groups excluding carboxylic acids is 1. The Morgan fingerprint density at radius 3 is 1.08 bits per heavy atom. The minimum atomic E-state index is 0.272. The van der Waals surface area contributed by atoms with E-state index in [9.17, 15) is 4.79 Å². The van der Waals surface area contributed by atoms with E-state index in [1.54, 1.807) is 0 Å². The number of carbonyl (C=O) groups is 1. The van der Waals surface area contributed by atoms with Gasteiger partial charge >= 0.3 is 0 Å². The van der Waals surface area contributed by atoms with Gasteiger partial charge in [-0.3, -0.25) is 4.79 Å². The minimum absolute atomic E-state index is 0.272. The fraction of sp³-hybridized carbons (Fsp3) is 0.971. The Morgan fingerprint density at radius 1 is 0.472 bits per heavy atom. The molecule has 0 radical (unpaired) electrons. The summed E-state index contributed by atoms with van der Waals surface area (Å²) in [6, 6.07) is 0.345. The molecule has 0 aromatic rings. The first-order valence-electron chi connectivity index (χ1n) is 17.0. The number of unbranched alkanes of at least 4 members (excludes halogenated alkanes) is 23. The van der Waals surface area contributed by atoms with Crippen LogP contribution in [0.1, 0.15) is 208 Å². The lowest BCUT2D eigenvalue weighted by Gasteiger charge is -2.13. The van der Waals surface area contributed by atoms with Crippen LogP contribution in [-0.2, 0) is 4.79 Å². The van der Waals surface area contributed by atoms with E-state index in [-0.39, 0.29) is 5.91 Å². The van der Waals surface area contributed by atoms with Gasteiger partial charge in [-0.2, -0.15) is 0 Å². The Morgan fingerprint density at radius 2 is 0.750 bits per heavy atom. The third kappa shape index (κ3) is 33.5. The zero-order valence-electron chi connectivity index (χ0n) is 26.1. The van der Waals surface area contributed by atoms with Gasteiger partial charge < -0.3 is 5.32 Å². The van der Waals surface area contributed by atoms with Crippen molar-refractivity contribution in [3.05, 3.63) is 0 Å². The maximum absolute atomic E-state index is 12.2. The summed E-state index contributed by atoms with van der Waals surface area (Å²) in [4.78, 5) is 12.2. The molecule has 0 aromatic carbocycles. The van der Waals surface area contributed by atoms with Gasteiger partial charge in [0.25, 0.3) is 0 Å². The highest BCUT2D eigenvalue weighted by atomic mass is 16.1. The van der Waals surface area contributed by atoms with Crippen molar-refractivity contribution < 1.29 is 4.79 Å². The number of hydrogen-bond acceptors (Lipinski definition) is 1. The van der Waals surface area contributed by atoms with Gasteiger partial charge in [0.05, 0.1) is 0 Å². The van der Waals surface area contributed by atoms with Crippen LogP contribution in [0, 0.1) is 0 Å². The Kier molecular flexibility index (Phi) is 36.0. The molecule has 0 heterocycles. The number of hydrogen-bond donors (Lipinski definition) is 1. The quantitative estimate of drug-likeness (QED) is 0.104.